The molecule has 2 aromatic rings. The number of carbonyl (C=O) groups is 1. The number of hydrogen-bond acceptors (Lipinski definition) is 3. The number of nitrogens with two attached hydrogens (primary N) is 1. The molecule has 0 bridgehead atoms. The second kappa shape index (κ2) is 6.21. The molecule has 1 aromatic heterocycles. The molecule has 0 aliphatic heterocycles. The summed E-state index contributed by atoms with van der Waals surface area (Å²) >= 11 is 0. The number of carbonyl (C=O) groups excluding carboxylic acids is 1. The van der Waals surface area contributed by atoms with Crippen LogP contribution in [0.2, 0.25) is 0 Å². The number of anilines is 2. The summed E-state index contributed by atoms with van der Waals surface area (Å²) in [5.74, 6) is -0.420. The van der Waals surface area contributed by atoms with Crippen LogP contribution in [0.25, 0.3) is 0 Å². The third kappa shape index (κ3) is 3.70. The van der Waals surface area contributed by atoms with Gasteiger partial charge < -0.3 is 18.1 Å². The minimum absolute atomic E-state index is 0. The van der Waals surface area contributed by atoms with Crippen molar-refractivity contribution in [1.29, 1.82) is 0 Å². The number of rotatable bonds is 3. The molecule has 1 amide bonds. The average Bonchev–Trinajstić information content (AvgIpc) is 2.75. The number of nitrogen functional groups attached to an aromatic ring is 1. The van der Waals surface area contributed by atoms with Crippen LogP contribution in [0, 0.1) is 0 Å². The van der Waals surface area contributed by atoms with Crippen molar-refractivity contribution in [3.8, 4) is 0 Å². The van der Waals surface area contributed by atoms with Crippen LogP contribution in [0.5, 0.6) is 0 Å². The minimum atomic E-state index is -0.420. The summed E-state index contributed by atoms with van der Waals surface area (Å²) in [5.41, 5.74) is 6.51. The molecule has 7 heteroatoms. The Balaban J connectivity index is 0.00000180. The van der Waals surface area contributed by atoms with Gasteiger partial charge in [-0.15, -0.1) is 0 Å². The van der Waals surface area contributed by atoms with E-state index >= 15 is 0 Å². The predicted molar refractivity (Wildman–Crippen MR) is 65.7 cm³/mol. The molecule has 102 valence electrons. The highest BCUT2D eigenvalue weighted by Gasteiger charge is 2.16. The van der Waals surface area contributed by atoms with Gasteiger partial charge in [0.25, 0.3) is 5.91 Å². The van der Waals surface area contributed by atoms with Crippen molar-refractivity contribution in [2.24, 2.45) is 7.05 Å². The fourth-order valence-corrected chi connectivity index (χ4v) is 1.58. The van der Waals surface area contributed by atoms with Crippen molar-refractivity contribution in [2.75, 3.05) is 10.8 Å². The molecule has 0 atom stereocenters. The standard InChI is InChI=1S/C12H15N4O2.ClH/c1-14-6-7-15(9-14)8-12(17)16(18)11-4-2-10(13)3-5-11;/h2-7,9,18H,8,13H2,1H3;1H/q+1;/p-1. The fraction of sp³-hybridized carbons (Fsp3) is 0.167. The Hall–Kier alpha value is -2.05. The summed E-state index contributed by atoms with van der Waals surface area (Å²) in [4.78, 5) is 11.8. The van der Waals surface area contributed by atoms with E-state index in [1.807, 2.05) is 17.8 Å². The lowest BCUT2D eigenvalue weighted by Crippen LogP contribution is -3.00. The maximum Gasteiger partial charge on any atom is 0.292 e. The summed E-state index contributed by atoms with van der Waals surface area (Å²) in [6.07, 6.45) is 5.33. The fourth-order valence-electron chi connectivity index (χ4n) is 1.58. The number of amides is 1. The van der Waals surface area contributed by atoms with Crippen LogP contribution in [-0.4, -0.2) is 15.7 Å². The Morgan fingerprint density at radius 1 is 1.42 bits per heavy atom. The summed E-state index contributed by atoms with van der Waals surface area (Å²) < 4.78 is 3.50. The van der Waals surface area contributed by atoms with E-state index in [1.165, 1.54) is 0 Å². The van der Waals surface area contributed by atoms with Gasteiger partial charge in [0.1, 0.15) is 12.4 Å². The number of aryl methyl sites for hydroxylation is 1. The summed E-state index contributed by atoms with van der Waals surface area (Å²) in [7, 11) is 1.86. The Bertz CT molecular complexity index is 553. The lowest BCUT2D eigenvalue weighted by molar-refractivity contribution is -0.671. The molecule has 0 fully saturated rings. The van der Waals surface area contributed by atoms with E-state index in [4.69, 9.17) is 5.73 Å². The lowest BCUT2D eigenvalue weighted by Gasteiger charge is -2.13. The number of benzene rings is 1. The smallest absolute Gasteiger partial charge is 0.292 e. The van der Waals surface area contributed by atoms with Gasteiger partial charge in [-0.1, -0.05) is 0 Å². The normalized spacial score (nSPS) is 9.79. The molecule has 0 saturated heterocycles. The largest absolute Gasteiger partial charge is 1.00 e. The summed E-state index contributed by atoms with van der Waals surface area (Å²) in [6, 6.07) is 6.43. The van der Waals surface area contributed by atoms with Crippen LogP contribution in [-0.2, 0) is 18.4 Å². The van der Waals surface area contributed by atoms with Crippen LogP contribution >= 0.6 is 0 Å². The Labute approximate surface area is 117 Å². The second-order valence-electron chi connectivity index (χ2n) is 4.05. The van der Waals surface area contributed by atoms with Crippen LogP contribution in [0.4, 0.5) is 11.4 Å². The maximum absolute atomic E-state index is 11.8. The van der Waals surface area contributed by atoms with Gasteiger partial charge in [0.15, 0.2) is 6.54 Å². The van der Waals surface area contributed by atoms with Crippen molar-refractivity contribution in [3.05, 3.63) is 43.0 Å². The number of imidazole rings is 1. The summed E-state index contributed by atoms with van der Waals surface area (Å²) in [5, 5.41) is 10.4. The van der Waals surface area contributed by atoms with E-state index < -0.39 is 5.91 Å². The molecule has 1 heterocycles. The molecular weight excluding hydrogens is 268 g/mol. The number of halogens is 1. The molecule has 1 aromatic carbocycles. The first-order chi connectivity index (χ1) is 8.56. The molecule has 2 rings (SSSR count). The van der Waals surface area contributed by atoms with E-state index in [9.17, 15) is 10.0 Å². The van der Waals surface area contributed by atoms with Gasteiger partial charge in [0.05, 0.1) is 12.7 Å². The highest BCUT2D eigenvalue weighted by molar-refractivity contribution is 5.90. The molecule has 0 spiro atoms. The quantitative estimate of drug-likeness (QED) is 0.279. The van der Waals surface area contributed by atoms with E-state index in [2.05, 4.69) is 0 Å². The molecule has 3 N–H and O–H groups in total. The lowest BCUT2D eigenvalue weighted by atomic mass is 10.3. The van der Waals surface area contributed by atoms with Gasteiger partial charge in [-0.25, -0.2) is 9.13 Å². The molecule has 0 unspecified atom stereocenters. The first-order valence-electron chi connectivity index (χ1n) is 5.44. The zero-order valence-electron chi connectivity index (χ0n) is 10.4. The highest BCUT2D eigenvalue weighted by atomic mass is 35.5. The van der Waals surface area contributed by atoms with E-state index in [1.54, 1.807) is 41.4 Å². The van der Waals surface area contributed by atoms with Crippen molar-refractivity contribution < 1.29 is 27.0 Å². The van der Waals surface area contributed by atoms with Crippen molar-refractivity contribution in [3.63, 3.8) is 0 Å². The van der Waals surface area contributed by atoms with Crippen LogP contribution < -0.4 is 27.8 Å². The van der Waals surface area contributed by atoms with Crippen molar-refractivity contribution in [1.82, 2.24) is 4.57 Å². The van der Waals surface area contributed by atoms with Crippen LogP contribution in [0.15, 0.2) is 43.0 Å². The second-order valence-corrected chi connectivity index (χ2v) is 4.05. The average molecular weight is 283 g/mol. The number of nitrogens with zero attached hydrogens (tertiary/aromatic N) is 3. The van der Waals surface area contributed by atoms with Gasteiger partial charge >= 0.3 is 0 Å². The first-order valence-corrected chi connectivity index (χ1v) is 5.44. The van der Waals surface area contributed by atoms with Gasteiger partial charge in [-0.2, -0.15) is 5.06 Å². The van der Waals surface area contributed by atoms with Crippen molar-refractivity contribution in [2.45, 2.75) is 6.54 Å². The van der Waals surface area contributed by atoms with E-state index in [0.29, 0.717) is 16.4 Å². The molecule has 0 saturated carbocycles. The van der Waals surface area contributed by atoms with Crippen LogP contribution in [0.3, 0.4) is 0 Å². The summed E-state index contributed by atoms with van der Waals surface area (Å²) in [6.45, 7) is 0.0711. The monoisotopic (exact) mass is 282 g/mol. The Morgan fingerprint density at radius 3 is 2.58 bits per heavy atom. The number of aromatic nitrogens is 2. The SMILES string of the molecule is C[n+]1ccn(CC(=O)N(O)c2ccc(N)cc2)c1.[Cl-]. The zero-order chi connectivity index (χ0) is 13.1. The third-order valence-corrected chi connectivity index (χ3v) is 2.52. The third-order valence-electron chi connectivity index (χ3n) is 2.52. The van der Waals surface area contributed by atoms with Crippen molar-refractivity contribution >= 4 is 17.3 Å². The minimum Gasteiger partial charge on any atom is -1.00 e. The molecule has 6 nitrogen and oxygen atoms in total. The van der Waals surface area contributed by atoms with Gasteiger partial charge in [-0.3, -0.25) is 10.0 Å². The number of hydrogen-bond donors (Lipinski definition) is 2. The van der Waals surface area contributed by atoms with Crippen LogP contribution in [0.1, 0.15) is 0 Å². The molecular formula is C12H15ClN4O2. The van der Waals surface area contributed by atoms with E-state index in [-0.39, 0.29) is 19.0 Å². The van der Waals surface area contributed by atoms with E-state index in [0.717, 1.165) is 0 Å². The molecule has 19 heavy (non-hydrogen) atoms. The predicted octanol–water partition coefficient (Wildman–Crippen LogP) is -2.68. The molecule has 0 aliphatic rings. The topological polar surface area (TPSA) is 75.4 Å². The number of hydroxylamine groups is 1. The first kappa shape index (κ1) is 15.0. The van der Waals surface area contributed by atoms with Gasteiger partial charge in [0.2, 0.25) is 6.33 Å². The maximum atomic E-state index is 11.8. The molecule has 0 aliphatic carbocycles. The molecule has 0 radical (unpaired) electrons. The van der Waals surface area contributed by atoms with Gasteiger partial charge in [-0.05, 0) is 24.3 Å². The Kier molecular flexibility index (Phi) is 4.91. The van der Waals surface area contributed by atoms with Gasteiger partial charge in [0, 0.05) is 5.69 Å². The Morgan fingerprint density at radius 2 is 2.05 bits per heavy atom. The highest BCUT2D eigenvalue weighted by Crippen LogP contribution is 2.14. The zero-order valence-corrected chi connectivity index (χ0v) is 11.2.